The average molecular weight is 325 g/mol. The first-order valence-electron chi connectivity index (χ1n) is 8.25. The van der Waals surface area contributed by atoms with Gasteiger partial charge in [-0.05, 0) is 30.5 Å². The van der Waals surface area contributed by atoms with E-state index in [4.69, 9.17) is 4.74 Å². The number of pyridine rings is 1. The van der Waals surface area contributed by atoms with E-state index in [-0.39, 0.29) is 5.91 Å². The second kappa shape index (κ2) is 7.45. The number of fused-ring (bicyclic) bond motifs is 1. The standard InChI is InChI=1S/C19H23N3O2/c1-14-11-17(18(24-2)12-21-14)19(23)20-8-10-22-9-7-15-5-3-4-6-16(15)13-22/h3-6,11-12H,7-10,13H2,1-2H3,(H,20,23). The zero-order valence-electron chi connectivity index (χ0n) is 14.2. The lowest BCUT2D eigenvalue weighted by Crippen LogP contribution is -2.37. The molecule has 5 heteroatoms. The van der Waals surface area contributed by atoms with E-state index in [2.05, 4.69) is 39.5 Å². The molecule has 126 valence electrons. The SMILES string of the molecule is COc1cnc(C)cc1C(=O)NCCN1CCc2ccccc2C1. The number of aromatic nitrogens is 1. The Morgan fingerprint density at radius 3 is 2.92 bits per heavy atom. The molecule has 3 rings (SSSR count). The second-order valence-electron chi connectivity index (χ2n) is 6.08. The van der Waals surface area contributed by atoms with E-state index in [1.54, 1.807) is 19.4 Å². The van der Waals surface area contributed by atoms with Gasteiger partial charge in [0, 0.05) is 31.9 Å². The molecular formula is C19H23N3O2. The van der Waals surface area contributed by atoms with Crippen molar-refractivity contribution in [3.63, 3.8) is 0 Å². The number of carbonyl (C=O) groups excluding carboxylic acids is 1. The summed E-state index contributed by atoms with van der Waals surface area (Å²) < 4.78 is 5.22. The molecule has 1 aromatic heterocycles. The predicted molar refractivity (Wildman–Crippen MR) is 93.3 cm³/mol. The van der Waals surface area contributed by atoms with E-state index in [1.165, 1.54) is 11.1 Å². The van der Waals surface area contributed by atoms with Crippen molar-refractivity contribution in [1.82, 2.24) is 15.2 Å². The maximum absolute atomic E-state index is 12.4. The fraction of sp³-hybridized carbons (Fsp3) is 0.368. The highest BCUT2D eigenvalue weighted by atomic mass is 16.5. The molecule has 0 fully saturated rings. The summed E-state index contributed by atoms with van der Waals surface area (Å²) in [7, 11) is 1.55. The van der Waals surface area contributed by atoms with Crippen LogP contribution in [0.5, 0.6) is 5.75 Å². The number of benzene rings is 1. The van der Waals surface area contributed by atoms with Gasteiger partial charge in [-0.15, -0.1) is 0 Å². The van der Waals surface area contributed by atoms with E-state index >= 15 is 0 Å². The lowest BCUT2D eigenvalue weighted by molar-refractivity contribution is 0.0944. The molecule has 0 aliphatic carbocycles. The number of methoxy groups -OCH3 is 1. The third kappa shape index (κ3) is 3.74. The van der Waals surface area contributed by atoms with Crippen LogP contribution >= 0.6 is 0 Å². The minimum atomic E-state index is -0.116. The van der Waals surface area contributed by atoms with Crippen LogP contribution < -0.4 is 10.1 Å². The monoisotopic (exact) mass is 325 g/mol. The molecule has 0 saturated heterocycles. The Balaban J connectivity index is 1.54. The molecular weight excluding hydrogens is 302 g/mol. The largest absolute Gasteiger partial charge is 0.494 e. The van der Waals surface area contributed by atoms with Gasteiger partial charge in [0.05, 0.1) is 18.9 Å². The van der Waals surface area contributed by atoms with Gasteiger partial charge in [-0.1, -0.05) is 24.3 Å². The third-order valence-electron chi connectivity index (χ3n) is 4.39. The smallest absolute Gasteiger partial charge is 0.255 e. The van der Waals surface area contributed by atoms with Crippen molar-refractivity contribution in [2.45, 2.75) is 19.9 Å². The molecule has 1 aromatic carbocycles. The Hall–Kier alpha value is -2.40. The summed E-state index contributed by atoms with van der Waals surface area (Å²) in [6.45, 7) is 5.30. The minimum Gasteiger partial charge on any atom is -0.494 e. The highest BCUT2D eigenvalue weighted by Crippen LogP contribution is 2.19. The summed E-state index contributed by atoms with van der Waals surface area (Å²) in [6.07, 6.45) is 2.66. The van der Waals surface area contributed by atoms with Gasteiger partial charge in [0.1, 0.15) is 5.75 Å². The lowest BCUT2D eigenvalue weighted by atomic mass is 10.00. The van der Waals surface area contributed by atoms with Crippen LogP contribution in [-0.2, 0) is 13.0 Å². The van der Waals surface area contributed by atoms with Crippen LogP contribution in [0.15, 0.2) is 36.5 Å². The van der Waals surface area contributed by atoms with Gasteiger partial charge in [-0.2, -0.15) is 0 Å². The molecule has 1 aliphatic heterocycles. The number of hydrogen-bond acceptors (Lipinski definition) is 4. The molecule has 1 amide bonds. The van der Waals surface area contributed by atoms with Crippen molar-refractivity contribution in [3.8, 4) is 5.75 Å². The number of aryl methyl sites for hydroxylation is 1. The van der Waals surface area contributed by atoms with Crippen molar-refractivity contribution >= 4 is 5.91 Å². The molecule has 0 radical (unpaired) electrons. The number of nitrogens with zero attached hydrogens (tertiary/aromatic N) is 2. The molecule has 1 N–H and O–H groups in total. The number of carbonyl (C=O) groups is 1. The number of amides is 1. The predicted octanol–water partition coefficient (Wildman–Crippen LogP) is 2.19. The Morgan fingerprint density at radius 1 is 1.33 bits per heavy atom. The molecule has 0 spiro atoms. The molecule has 0 atom stereocenters. The van der Waals surface area contributed by atoms with Gasteiger partial charge < -0.3 is 10.1 Å². The van der Waals surface area contributed by atoms with Gasteiger partial charge >= 0.3 is 0 Å². The van der Waals surface area contributed by atoms with Crippen LogP contribution in [0.1, 0.15) is 27.2 Å². The quantitative estimate of drug-likeness (QED) is 0.915. The van der Waals surface area contributed by atoms with Crippen LogP contribution in [0.3, 0.4) is 0 Å². The Morgan fingerprint density at radius 2 is 2.12 bits per heavy atom. The maximum Gasteiger partial charge on any atom is 0.255 e. The van der Waals surface area contributed by atoms with Crippen molar-refractivity contribution in [2.75, 3.05) is 26.7 Å². The molecule has 0 saturated carbocycles. The average Bonchev–Trinajstić information content (AvgIpc) is 2.61. The van der Waals surface area contributed by atoms with Gasteiger partial charge in [-0.3, -0.25) is 14.7 Å². The fourth-order valence-corrected chi connectivity index (χ4v) is 3.06. The first-order valence-corrected chi connectivity index (χ1v) is 8.25. The number of ether oxygens (including phenoxy) is 1. The van der Waals surface area contributed by atoms with E-state index in [0.717, 1.165) is 31.7 Å². The molecule has 24 heavy (non-hydrogen) atoms. The van der Waals surface area contributed by atoms with E-state index in [9.17, 15) is 4.79 Å². The second-order valence-corrected chi connectivity index (χ2v) is 6.08. The fourth-order valence-electron chi connectivity index (χ4n) is 3.06. The van der Waals surface area contributed by atoms with Crippen molar-refractivity contribution in [2.24, 2.45) is 0 Å². The summed E-state index contributed by atoms with van der Waals surface area (Å²) in [4.78, 5) is 18.9. The molecule has 1 aliphatic rings. The summed E-state index contributed by atoms with van der Waals surface area (Å²) in [5, 5.41) is 2.98. The molecule has 2 heterocycles. The molecule has 2 aromatic rings. The topological polar surface area (TPSA) is 54.5 Å². The molecule has 0 bridgehead atoms. The van der Waals surface area contributed by atoms with Crippen LogP contribution in [0, 0.1) is 6.92 Å². The zero-order valence-corrected chi connectivity index (χ0v) is 14.2. The van der Waals surface area contributed by atoms with Crippen LogP contribution in [-0.4, -0.2) is 42.5 Å². The van der Waals surface area contributed by atoms with Gasteiger partial charge in [0.25, 0.3) is 5.91 Å². The Kier molecular flexibility index (Phi) is 5.11. The van der Waals surface area contributed by atoms with E-state index < -0.39 is 0 Å². The van der Waals surface area contributed by atoms with Crippen molar-refractivity contribution in [1.29, 1.82) is 0 Å². The van der Waals surface area contributed by atoms with Gasteiger partial charge in [0.15, 0.2) is 0 Å². The summed E-state index contributed by atoms with van der Waals surface area (Å²) in [6, 6.07) is 10.3. The van der Waals surface area contributed by atoms with Crippen LogP contribution in [0.2, 0.25) is 0 Å². The van der Waals surface area contributed by atoms with E-state index in [1.807, 2.05) is 6.92 Å². The van der Waals surface area contributed by atoms with E-state index in [0.29, 0.717) is 17.9 Å². The summed E-state index contributed by atoms with van der Waals surface area (Å²) in [5.74, 6) is 0.389. The molecule has 5 nitrogen and oxygen atoms in total. The highest BCUT2D eigenvalue weighted by molar-refractivity contribution is 5.96. The van der Waals surface area contributed by atoms with Crippen LogP contribution in [0.25, 0.3) is 0 Å². The third-order valence-corrected chi connectivity index (χ3v) is 4.39. The zero-order chi connectivity index (χ0) is 16.9. The summed E-state index contributed by atoms with van der Waals surface area (Å²) >= 11 is 0. The lowest BCUT2D eigenvalue weighted by Gasteiger charge is -2.28. The highest BCUT2D eigenvalue weighted by Gasteiger charge is 2.16. The first-order chi connectivity index (χ1) is 11.7. The van der Waals surface area contributed by atoms with Crippen molar-refractivity contribution in [3.05, 3.63) is 58.9 Å². The molecule has 0 unspecified atom stereocenters. The Bertz CT molecular complexity index is 730. The van der Waals surface area contributed by atoms with Gasteiger partial charge in [0.2, 0.25) is 0 Å². The number of hydrogen-bond donors (Lipinski definition) is 1. The minimum absolute atomic E-state index is 0.116. The van der Waals surface area contributed by atoms with Crippen molar-refractivity contribution < 1.29 is 9.53 Å². The summed E-state index contributed by atoms with van der Waals surface area (Å²) in [5.41, 5.74) is 4.17. The Labute approximate surface area is 142 Å². The maximum atomic E-state index is 12.4. The number of nitrogens with one attached hydrogen (secondary N) is 1. The first kappa shape index (κ1) is 16.5. The van der Waals surface area contributed by atoms with Crippen LogP contribution in [0.4, 0.5) is 0 Å². The number of rotatable bonds is 5. The normalized spacial score (nSPS) is 14.1. The van der Waals surface area contributed by atoms with Gasteiger partial charge in [-0.25, -0.2) is 0 Å².